The average Bonchev–Trinajstić information content (AvgIpc) is 2.61. The molecule has 3 unspecified atom stereocenters. The van der Waals surface area contributed by atoms with Crippen molar-refractivity contribution in [1.29, 1.82) is 0 Å². The van der Waals surface area contributed by atoms with Crippen molar-refractivity contribution in [3.63, 3.8) is 0 Å². The van der Waals surface area contributed by atoms with Crippen LogP contribution in [0.1, 0.15) is 19.3 Å². The fourth-order valence-corrected chi connectivity index (χ4v) is 2.25. The molecule has 5 heteroatoms. The van der Waals surface area contributed by atoms with E-state index in [1.165, 1.54) is 0 Å². The van der Waals surface area contributed by atoms with E-state index in [9.17, 15) is 4.79 Å². The van der Waals surface area contributed by atoms with E-state index in [1.807, 2.05) is 12.1 Å². The van der Waals surface area contributed by atoms with Crippen molar-refractivity contribution in [3.05, 3.63) is 0 Å². The van der Waals surface area contributed by atoms with Gasteiger partial charge in [0.05, 0.1) is 0 Å². The van der Waals surface area contributed by atoms with Crippen LogP contribution in [0.4, 0.5) is 0 Å². The highest BCUT2D eigenvalue weighted by Gasteiger charge is 2.32. The molecule has 80 valence electrons. The van der Waals surface area contributed by atoms with Gasteiger partial charge in [-0.15, -0.1) is 0 Å². The second kappa shape index (κ2) is 3.84. The van der Waals surface area contributed by atoms with Crippen LogP contribution in [0, 0.1) is 0 Å². The molecule has 0 aromatic heterocycles. The Hall–Kier alpha value is -0.650. The second-order valence-electron chi connectivity index (χ2n) is 4.35. The lowest BCUT2D eigenvalue weighted by Gasteiger charge is -2.16. The Bertz CT molecular complexity index is 233. The number of hydrogen-bond acceptors (Lipinski definition) is 4. The molecule has 1 aliphatic carbocycles. The molecule has 1 saturated heterocycles. The molecule has 2 aliphatic rings. The van der Waals surface area contributed by atoms with Crippen LogP contribution in [0.15, 0.2) is 0 Å². The Morgan fingerprint density at radius 3 is 2.86 bits per heavy atom. The van der Waals surface area contributed by atoms with Crippen molar-refractivity contribution < 1.29 is 4.79 Å². The summed E-state index contributed by atoms with van der Waals surface area (Å²) in [6.07, 6.45) is 3.16. The van der Waals surface area contributed by atoms with E-state index in [0.29, 0.717) is 12.1 Å². The molecule has 1 amide bonds. The number of amides is 1. The van der Waals surface area contributed by atoms with Gasteiger partial charge in [0.2, 0.25) is 0 Å². The molecule has 3 atom stereocenters. The maximum Gasteiger partial charge on any atom is 0.252 e. The maximum atomic E-state index is 11.4. The predicted octanol–water partition coefficient (Wildman–Crippen LogP) is -1.20. The van der Waals surface area contributed by atoms with Gasteiger partial charge in [0, 0.05) is 25.7 Å². The molecule has 1 heterocycles. The minimum absolute atomic E-state index is 0.0599. The molecule has 4 N–H and O–H groups in total. The third-order valence-electron chi connectivity index (χ3n) is 2.98. The van der Waals surface area contributed by atoms with E-state index in [0.717, 1.165) is 25.8 Å². The molecule has 2 rings (SSSR count). The van der Waals surface area contributed by atoms with Crippen molar-refractivity contribution in [2.24, 2.45) is 5.73 Å². The van der Waals surface area contributed by atoms with Crippen LogP contribution in [0.25, 0.3) is 0 Å². The molecule has 0 aromatic rings. The average molecular weight is 198 g/mol. The lowest BCUT2D eigenvalue weighted by Crippen LogP contribution is -2.43. The first-order valence-electron chi connectivity index (χ1n) is 5.18. The van der Waals surface area contributed by atoms with Gasteiger partial charge in [0.25, 0.3) is 5.91 Å². The summed E-state index contributed by atoms with van der Waals surface area (Å²) in [5, 5.41) is 5.17. The van der Waals surface area contributed by atoms with Gasteiger partial charge < -0.3 is 11.1 Å². The molecule has 2 fully saturated rings. The molecular formula is C9H18N4O. The van der Waals surface area contributed by atoms with E-state index < -0.39 is 0 Å². The van der Waals surface area contributed by atoms with Gasteiger partial charge in [-0.2, -0.15) is 0 Å². The van der Waals surface area contributed by atoms with Crippen LogP contribution in [0.3, 0.4) is 0 Å². The minimum atomic E-state index is -0.0599. The topological polar surface area (TPSA) is 70.4 Å². The van der Waals surface area contributed by atoms with E-state index >= 15 is 0 Å². The minimum Gasteiger partial charge on any atom is -0.328 e. The first-order valence-corrected chi connectivity index (χ1v) is 5.18. The van der Waals surface area contributed by atoms with Gasteiger partial charge in [-0.3, -0.25) is 10.2 Å². The molecular weight excluding hydrogens is 180 g/mol. The lowest BCUT2D eigenvalue weighted by atomic mass is 10.2. The summed E-state index contributed by atoms with van der Waals surface area (Å²) in [6.45, 7) is 0.741. The summed E-state index contributed by atoms with van der Waals surface area (Å²) >= 11 is 0. The Morgan fingerprint density at radius 1 is 1.57 bits per heavy atom. The smallest absolute Gasteiger partial charge is 0.252 e. The van der Waals surface area contributed by atoms with Crippen molar-refractivity contribution >= 4 is 5.91 Å². The van der Waals surface area contributed by atoms with Gasteiger partial charge in [0.1, 0.15) is 6.04 Å². The van der Waals surface area contributed by atoms with Crippen LogP contribution in [-0.2, 0) is 4.79 Å². The summed E-state index contributed by atoms with van der Waals surface area (Å²) < 4.78 is 0. The molecule has 1 aliphatic heterocycles. The zero-order chi connectivity index (χ0) is 10.1. The quantitative estimate of drug-likeness (QED) is 0.521. The van der Waals surface area contributed by atoms with Crippen LogP contribution in [0.2, 0.25) is 0 Å². The molecule has 0 bridgehead atoms. The maximum absolute atomic E-state index is 11.4. The predicted molar refractivity (Wildman–Crippen MR) is 53.3 cm³/mol. The fraction of sp³-hybridized carbons (Fsp3) is 0.889. The zero-order valence-electron chi connectivity index (χ0n) is 8.49. The summed E-state index contributed by atoms with van der Waals surface area (Å²) in [5.41, 5.74) is 8.56. The van der Waals surface area contributed by atoms with Crippen molar-refractivity contribution in [2.75, 3.05) is 13.6 Å². The molecule has 1 saturated carbocycles. The number of rotatable bonds is 2. The first-order chi connectivity index (χ1) is 6.65. The number of likely N-dealkylation sites (N-methyl/N-ethyl adjacent to an activating group) is 1. The number of nitrogens with two attached hydrogens (primary N) is 1. The monoisotopic (exact) mass is 198 g/mol. The number of nitrogens with one attached hydrogen (secondary N) is 2. The van der Waals surface area contributed by atoms with Gasteiger partial charge in [-0.25, -0.2) is 5.01 Å². The van der Waals surface area contributed by atoms with Crippen molar-refractivity contribution in [2.45, 2.75) is 37.4 Å². The van der Waals surface area contributed by atoms with E-state index in [1.54, 1.807) is 0 Å². The molecule has 5 nitrogen and oxygen atoms in total. The SMILES string of the molecule is CN1CC(NC2CCC(N)C2)C(=O)N1. The van der Waals surface area contributed by atoms with Crippen LogP contribution >= 0.6 is 0 Å². The molecule has 14 heavy (non-hydrogen) atoms. The highest BCUT2D eigenvalue weighted by molar-refractivity contribution is 5.83. The Labute approximate surface area is 84.0 Å². The largest absolute Gasteiger partial charge is 0.328 e. The van der Waals surface area contributed by atoms with Crippen LogP contribution < -0.4 is 16.5 Å². The van der Waals surface area contributed by atoms with Gasteiger partial charge in [-0.1, -0.05) is 0 Å². The molecule has 0 spiro atoms. The van der Waals surface area contributed by atoms with Gasteiger partial charge in [0.15, 0.2) is 0 Å². The number of nitrogens with zero attached hydrogens (tertiary/aromatic N) is 1. The lowest BCUT2D eigenvalue weighted by molar-refractivity contribution is -0.122. The molecule has 0 aromatic carbocycles. The van der Waals surface area contributed by atoms with E-state index in [2.05, 4.69) is 10.7 Å². The standard InChI is InChI=1S/C9H18N4O/c1-13-5-8(9(14)12-13)11-7-3-2-6(10)4-7/h6-8,11H,2-5,10H2,1H3,(H,12,14). The number of hydrogen-bond donors (Lipinski definition) is 3. The summed E-state index contributed by atoms with van der Waals surface area (Å²) in [7, 11) is 1.87. The van der Waals surface area contributed by atoms with Crippen molar-refractivity contribution in [3.8, 4) is 0 Å². The summed E-state index contributed by atoms with van der Waals surface area (Å²) in [5.74, 6) is 0.0768. The van der Waals surface area contributed by atoms with Crippen LogP contribution in [-0.4, -0.2) is 42.6 Å². The number of carbonyl (C=O) groups excluding carboxylic acids is 1. The summed E-state index contributed by atoms with van der Waals surface area (Å²) in [6, 6.07) is 0.678. The first kappa shape index (κ1) is 9.89. The van der Waals surface area contributed by atoms with E-state index in [-0.39, 0.29) is 11.9 Å². The fourth-order valence-electron chi connectivity index (χ4n) is 2.25. The van der Waals surface area contributed by atoms with Crippen molar-refractivity contribution in [1.82, 2.24) is 15.8 Å². The Kier molecular flexibility index (Phi) is 2.71. The second-order valence-corrected chi connectivity index (χ2v) is 4.35. The number of hydrazine groups is 1. The van der Waals surface area contributed by atoms with Crippen LogP contribution in [0.5, 0.6) is 0 Å². The highest BCUT2D eigenvalue weighted by Crippen LogP contribution is 2.18. The van der Waals surface area contributed by atoms with E-state index in [4.69, 9.17) is 5.73 Å². The number of carbonyl (C=O) groups is 1. The summed E-state index contributed by atoms with van der Waals surface area (Å²) in [4.78, 5) is 11.4. The molecule has 0 radical (unpaired) electrons. The van der Waals surface area contributed by atoms with Gasteiger partial charge >= 0.3 is 0 Å². The highest BCUT2D eigenvalue weighted by atomic mass is 16.2. The Balaban J connectivity index is 1.83. The van der Waals surface area contributed by atoms with Gasteiger partial charge in [-0.05, 0) is 19.3 Å². The third kappa shape index (κ3) is 2.05. The Morgan fingerprint density at radius 2 is 2.36 bits per heavy atom. The zero-order valence-corrected chi connectivity index (χ0v) is 8.49. The third-order valence-corrected chi connectivity index (χ3v) is 2.98. The normalized spacial score (nSPS) is 39.0.